The molecule has 2 saturated carbocycles. The van der Waals surface area contributed by atoms with Crippen LogP contribution in [0.4, 0.5) is 0 Å². The highest BCUT2D eigenvalue weighted by atomic mass is 16.5. The van der Waals surface area contributed by atoms with E-state index in [1.54, 1.807) is 6.20 Å². The van der Waals surface area contributed by atoms with Crippen LogP contribution in [-0.2, 0) is 4.74 Å². The van der Waals surface area contributed by atoms with Crippen LogP contribution in [0, 0.1) is 24.7 Å². The molecule has 0 radical (unpaired) electrons. The number of imidazole rings is 1. The van der Waals surface area contributed by atoms with E-state index in [2.05, 4.69) is 16.0 Å². The van der Waals surface area contributed by atoms with Gasteiger partial charge in [0.1, 0.15) is 11.3 Å². The van der Waals surface area contributed by atoms with E-state index in [-0.39, 0.29) is 23.2 Å². The zero-order valence-corrected chi connectivity index (χ0v) is 17.3. The number of hydrogen-bond acceptors (Lipinski definition) is 4. The lowest BCUT2D eigenvalue weighted by Gasteiger charge is -2.22. The van der Waals surface area contributed by atoms with Crippen molar-refractivity contribution in [2.24, 2.45) is 17.8 Å². The molecular formula is C24H27N3O3. The second kappa shape index (κ2) is 6.77. The first-order valence-corrected chi connectivity index (χ1v) is 11.3. The van der Waals surface area contributed by atoms with Crippen LogP contribution < -0.4 is 5.56 Å². The van der Waals surface area contributed by atoms with E-state index in [4.69, 9.17) is 4.74 Å². The minimum Gasteiger partial charge on any atom is -0.381 e. The predicted molar refractivity (Wildman–Crippen MR) is 114 cm³/mol. The third-order valence-corrected chi connectivity index (χ3v) is 7.84. The van der Waals surface area contributed by atoms with Crippen LogP contribution in [0.3, 0.4) is 0 Å². The van der Waals surface area contributed by atoms with Gasteiger partial charge in [-0.25, -0.2) is 4.98 Å². The van der Waals surface area contributed by atoms with Gasteiger partial charge < -0.3 is 9.72 Å². The third kappa shape index (κ3) is 2.62. The van der Waals surface area contributed by atoms with Crippen molar-refractivity contribution >= 4 is 22.3 Å². The summed E-state index contributed by atoms with van der Waals surface area (Å²) in [5, 5.41) is 0. The number of aromatic amines is 1. The molecule has 1 aromatic carbocycles. The fraction of sp³-hybridized carbons (Fsp3) is 0.542. The summed E-state index contributed by atoms with van der Waals surface area (Å²) in [5.41, 5.74) is 3.81. The van der Waals surface area contributed by atoms with E-state index < -0.39 is 0 Å². The smallest absolute Gasteiger partial charge is 0.274 e. The molecule has 3 fully saturated rings. The number of nitrogens with zero attached hydrogens (tertiary/aromatic N) is 2. The van der Waals surface area contributed by atoms with Gasteiger partial charge in [-0.1, -0.05) is 0 Å². The van der Waals surface area contributed by atoms with Crippen molar-refractivity contribution in [1.29, 1.82) is 0 Å². The zero-order chi connectivity index (χ0) is 20.4. The molecule has 0 atom stereocenters. The molecule has 0 amide bonds. The van der Waals surface area contributed by atoms with Crippen LogP contribution in [0.1, 0.15) is 66.2 Å². The highest BCUT2D eigenvalue weighted by Crippen LogP contribution is 2.50. The average molecular weight is 405 g/mol. The topological polar surface area (TPSA) is 76.5 Å². The lowest BCUT2D eigenvalue weighted by atomic mass is 9.87. The number of H-pyrrole nitrogens is 1. The normalized spacial score (nSPS) is 26.8. The van der Waals surface area contributed by atoms with Gasteiger partial charge >= 0.3 is 0 Å². The Balaban J connectivity index is 1.51. The second-order valence-corrected chi connectivity index (χ2v) is 9.43. The minimum atomic E-state index is -0.156. The lowest BCUT2D eigenvalue weighted by molar-refractivity contribution is 0.0835. The standard InChI is InChI=1S/C24H27N3O3/c1-13-10-19-18(11-17(13)22(28)21-14-2-3-15(21)5-4-14)26-24(29)20-12-25-23(27(19)20)16-6-8-30-9-7-16/h10-12,14-16,21H,2-9H2,1H3,(H,26,29). The van der Waals surface area contributed by atoms with Gasteiger partial charge in [0.15, 0.2) is 5.78 Å². The van der Waals surface area contributed by atoms with E-state index in [0.717, 1.165) is 54.0 Å². The predicted octanol–water partition coefficient (Wildman–Crippen LogP) is 4.00. The quantitative estimate of drug-likeness (QED) is 0.669. The fourth-order valence-electron chi connectivity index (χ4n) is 6.31. The third-order valence-electron chi connectivity index (χ3n) is 7.84. The Hall–Kier alpha value is -2.47. The molecule has 2 aliphatic carbocycles. The summed E-state index contributed by atoms with van der Waals surface area (Å²) in [4.78, 5) is 33.9. The van der Waals surface area contributed by atoms with Gasteiger partial charge in [0.25, 0.3) is 5.56 Å². The van der Waals surface area contributed by atoms with Crippen molar-refractivity contribution in [2.45, 2.75) is 51.4 Å². The van der Waals surface area contributed by atoms with Gasteiger partial charge in [-0.2, -0.15) is 0 Å². The van der Waals surface area contributed by atoms with Crippen LogP contribution >= 0.6 is 0 Å². The second-order valence-electron chi connectivity index (χ2n) is 9.43. The molecule has 3 heterocycles. The molecule has 1 aliphatic heterocycles. The average Bonchev–Trinajstić information content (AvgIpc) is 3.49. The molecule has 0 unspecified atom stereocenters. The largest absolute Gasteiger partial charge is 0.381 e. The first-order chi connectivity index (χ1) is 14.6. The molecule has 6 rings (SSSR count). The van der Waals surface area contributed by atoms with Crippen molar-refractivity contribution in [3.8, 4) is 0 Å². The zero-order valence-electron chi connectivity index (χ0n) is 17.3. The summed E-state index contributed by atoms with van der Waals surface area (Å²) >= 11 is 0. The highest BCUT2D eigenvalue weighted by Gasteiger charge is 2.45. The maximum Gasteiger partial charge on any atom is 0.274 e. The van der Waals surface area contributed by atoms with Crippen LogP contribution in [0.5, 0.6) is 0 Å². The van der Waals surface area contributed by atoms with E-state index >= 15 is 0 Å². The molecule has 1 saturated heterocycles. The molecule has 0 spiro atoms. The van der Waals surface area contributed by atoms with Crippen molar-refractivity contribution in [3.05, 3.63) is 45.6 Å². The number of aromatic nitrogens is 3. The maximum absolute atomic E-state index is 13.5. The molecular weight excluding hydrogens is 378 g/mol. The van der Waals surface area contributed by atoms with Gasteiger partial charge in [-0.15, -0.1) is 0 Å². The number of aryl methyl sites for hydroxylation is 1. The van der Waals surface area contributed by atoms with Crippen molar-refractivity contribution < 1.29 is 9.53 Å². The SMILES string of the molecule is Cc1cc2c(cc1C(=O)C1C3CCC1CC3)[nH]c(=O)c1cnc(C3CCOCC3)n12. The summed E-state index contributed by atoms with van der Waals surface area (Å²) in [7, 11) is 0. The van der Waals surface area contributed by atoms with Crippen molar-refractivity contribution in [2.75, 3.05) is 13.2 Å². The lowest BCUT2D eigenvalue weighted by Crippen LogP contribution is -2.21. The Bertz CT molecular complexity index is 1200. The van der Waals surface area contributed by atoms with Gasteiger partial charge in [0.2, 0.25) is 0 Å². The number of rotatable bonds is 3. The van der Waals surface area contributed by atoms with Gasteiger partial charge in [0.05, 0.1) is 17.2 Å². The molecule has 6 nitrogen and oxygen atoms in total. The van der Waals surface area contributed by atoms with E-state index in [1.165, 1.54) is 25.7 Å². The number of nitrogens with one attached hydrogen (secondary N) is 1. The van der Waals surface area contributed by atoms with Gasteiger partial charge in [0, 0.05) is 30.6 Å². The number of ketones is 1. The summed E-state index contributed by atoms with van der Waals surface area (Å²) in [6, 6.07) is 3.98. The number of fused-ring (bicyclic) bond motifs is 5. The summed E-state index contributed by atoms with van der Waals surface area (Å²) in [5.74, 6) is 2.75. The molecule has 2 aromatic heterocycles. The Morgan fingerprint density at radius 3 is 2.47 bits per heavy atom. The summed E-state index contributed by atoms with van der Waals surface area (Å²) in [6.07, 6.45) is 8.25. The molecule has 2 bridgehead atoms. The molecule has 6 heteroatoms. The Morgan fingerprint density at radius 2 is 1.77 bits per heavy atom. The van der Waals surface area contributed by atoms with Crippen LogP contribution in [0.15, 0.2) is 23.1 Å². The number of Topliss-reactive ketones (excluding diaryl/α,β-unsaturated/α-hetero) is 1. The Labute approximate surface area is 174 Å². The number of carbonyl (C=O) groups excluding carboxylic acids is 1. The van der Waals surface area contributed by atoms with Crippen molar-refractivity contribution in [1.82, 2.24) is 14.4 Å². The number of hydrogen-bond donors (Lipinski definition) is 1. The maximum atomic E-state index is 13.5. The molecule has 156 valence electrons. The molecule has 3 aromatic rings. The van der Waals surface area contributed by atoms with E-state index in [0.29, 0.717) is 17.4 Å². The van der Waals surface area contributed by atoms with Gasteiger partial charge in [-0.3, -0.25) is 14.0 Å². The number of ether oxygens (including phenoxy) is 1. The first kappa shape index (κ1) is 18.3. The van der Waals surface area contributed by atoms with Crippen molar-refractivity contribution in [3.63, 3.8) is 0 Å². The Morgan fingerprint density at radius 1 is 1.07 bits per heavy atom. The minimum absolute atomic E-state index is 0.156. The highest BCUT2D eigenvalue weighted by molar-refractivity contribution is 6.02. The monoisotopic (exact) mass is 405 g/mol. The van der Waals surface area contributed by atoms with Crippen LogP contribution in [0.2, 0.25) is 0 Å². The molecule has 3 aliphatic rings. The first-order valence-electron chi connectivity index (χ1n) is 11.3. The molecule has 30 heavy (non-hydrogen) atoms. The fourth-order valence-corrected chi connectivity index (χ4v) is 6.31. The van der Waals surface area contributed by atoms with Crippen LogP contribution in [0.25, 0.3) is 16.6 Å². The number of benzene rings is 1. The summed E-state index contributed by atoms with van der Waals surface area (Å²) < 4.78 is 7.52. The summed E-state index contributed by atoms with van der Waals surface area (Å²) in [6.45, 7) is 3.47. The number of carbonyl (C=O) groups is 1. The Kier molecular flexibility index (Phi) is 4.13. The van der Waals surface area contributed by atoms with E-state index in [1.807, 2.05) is 17.4 Å². The van der Waals surface area contributed by atoms with Crippen LogP contribution in [-0.4, -0.2) is 33.4 Å². The van der Waals surface area contributed by atoms with Gasteiger partial charge in [-0.05, 0) is 75.0 Å². The van der Waals surface area contributed by atoms with E-state index in [9.17, 15) is 9.59 Å². The molecule has 1 N–H and O–H groups in total.